The lowest BCUT2D eigenvalue weighted by molar-refractivity contribution is 0.577. The standard InChI is InChI=1S/C14H18N2S/c1-3-9-15-11(2)13-10-16-14(17-13)12-7-5-4-6-8-12/h4-8,10-11,15H,3,9H2,1-2H3. The molecule has 17 heavy (non-hydrogen) atoms. The van der Waals surface area contributed by atoms with Gasteiger partial charge in [-0.2, -0.15) is 0 Å². The molecular weight excluding hydrogens is 228 g/mol. The van der Waals surface area contributed by atoms with Gasteiger partial charge in [-0.25, -0.2) is 4.98 Å². The number of thiazole rings is 1. The summed E-state index contributed by atoms with van der Waals surface area (Å²) in [7, 11) is 0. The Morgan fingerprint density at radius 2 is 2.06 bits per heavy atom. The second-order valence-corrected chi connectivity index (χ2v) is 5.17. The average molecular weight is 246 g/mol. The first kappa shape index (κ1) is 12.3. The van der Waals surface area contributed by atoms with Gasteiger partial charge in [0, 0.05) is 22.7 Å². The smallest absolute Gasteiger partial charge is 0.123 e. The molecule has 2 aromatic rings. The summed E-state index contributed by atoms with van der Waals surface area (Å²) in [6.07, 6.45) is 3.15. The van der Waals surface area contributed by atoms with Crippen LogP contribution in [0.3, 0.4) is 0 Å². The van der Waals surface area contributed by atoms with Crippen molar-refractivity contribution < 1.29 is 0 Å². The van der Waals surface area contributed by atoms with Crippen LogP contribution in [0, 0.1) is 0 Å². The molecule has 0 bridgehead atoms. The molecule has 2 rings (SSSR count). The van der Waals surface area contributed by atoms with Gasteiger partial charge in [-0.15, -0.1) is 11.3 Å². The summed E-state index contributed by atoms with van der Waals surface area (Å²) in [5.41, 5.74) is 1.20. The molecule has 0 fully saturated rings. The summed E-state index contributed by atoms with van der Waals surface area (Å²) in [6.45, 7) is 5.43. The first-order valence-corrected chi connectivity index (χ1v) is 6.87. The van der Waals surface area contributed by atoms with E-state index in [1.807, 2.05) is 12.3 Å². The van der Waals surface area contributed by atoms with E-state index in [0.717, 1.165) is 18.0 Å². The number of hydrogen-bond donors (Lipinski definition) is 1. The molecule has 3 heteroatoms. The number of nitrogens with one attached hydrogen (secondary N) is 1. The molecule has 0 aliphatic heterocycles. The summed E-state index contributed by atoms with van der Waals surface area (Å²) < 4.78 is 0. The maximum atomic E-state index is 4.49. The van der Waals surface area contributed by atoms with Crippen LogP contribution in [0.5, 0.6) is 0 Å². The number of aromatic nitrogens is 1. The predicted molar refractivity (Wildman–Crippen MR) is 74.3 cm³/mol. The molecule has 0 amide bonds. The van der Waals surface area contributed by atoms with Crippen LogP contribution in [0.1, 0.15) is 31.2 Å². The van der Waals surface area contributed by atoms with Crippen molar-refractivity contribution in [2.24, 2.45) is 0 Å². The topological polar surface area (TPSA) is 24.9 Å². The van der Waals surface area contributed by atoms with Gasteiger partial charge in [0.05, 0.1) is 0 Å². The molecule has 0 radical (unpaired) electrons. The molecule has 1 aromatic heterocycles. The zero-order valence-corrected chi connectivity index (χ0v) is 11.1. The van der Waals surface area contributed by atoms with Crippen molar-refractivity contribution >= 4 is 11.3 Å². The van der Waals surface area contributed by atoms with Crippen molar-refractivity contribution in [3.8, 4) is 10.6 Å². The minimum absolute atomic E-state index is 0.393. The van der Waals surface area contributed by atoms with E-state index in [2.05, 4.69) is 48.4 Å². The van der Waals surface area contributed by atoms with E-state index in [9.17, 15) is 0 Å². The highest BCUT2D eigenvalue weighted by molar-refractivity contribution is 7.15. The number of benzene rings is 1. The van der Waals surface area contributed by atoms with E-state index < -0.39 is 0 Å². The fourth-order valence-corrected chi connectivity index (χ4v) is 2.61. The monoisotopic (exact) mass is 246 g/mol. The van der Waals surface area contributed by atoms with Crippen molar-refractivity contribution in [2.75, 3.05) is 6.54 Å². The molecule has 0 saturated heterocycles. The Labute approximate surface area is 107 Å². The van der Waals surface area contributed by atoms with Gasteiger partial charge in [-0.1, -0.05) is 37.3 Å². The third-order valence-electron chi connectivity index (χ3n) is 2.67. The fourth-order valence-electron chi connectivity index (χ4n) is 1.66. The van der Waals surface area contributed by atoms with E-state index >= 15 is 0 Å². The van der Waals surface area contributed by atoms with Gasteiger partial charge >= 0.3 is 0 Å². The van der Waals surface area contributed by atoms with E-state index in [4.69, 9.17) is 0 Å². The first-order chi connectivity index (χ1) is 8.31. The highest BCUT2D eigenvalue weighted by Gasteiger charge is 2.09. The zero-order chi connectivity index (χ0) is 12.1. The maximum Gasteiger partial charge on any atom is 0.123 e. The highest BCUT2D eigenvalue weighted by Crippen LogP contribution is 2.28. The van der Waals surface area contributed by atoms with Gasteiger partial charge in [0.15, 0.2) is 0 Å². The summed E-state index contributed by atoms with van der Waals surface area (Å²) in [6, 6.07) is 10.7. The predicted octanol–water partition coefficient (Wildman–Crippen LogP) is 3.87. The second kappa shape index (κ2) is 5.94. The van der Waals surface area contributed by atoms with Crippen molar-refractivity contribution in [3.05, 3.63) is 41.4 Å². The van der Waals surface area contributed by atoms with Crippen LogP contribution >= 0.6 is 11.3 Å². The van der Waals surface area contributed by atoms with Crippen LogP contribution in [0.15, 0.2) is 36.5 Å². The molecular formula is C14H18N2S. The third kappa shape index (κ3) is 3.14. The van der Waals surface area contributed by atoms with Gasteiger partial charge in [-0.3, -0.25) is 0 Å². The minimum atomic E-state index is 0.393. The molecule has 1 aromatic carbocycles. The fraction of sp³-hybridized carbons (Fsp3) is 0.357. The maximum absolute atomic E-state index is 4.49. The van der Waals surface area contributed by atoms with Crippen LogP contribution in [0.4, 0.5) is 0 Å². The normalized spacial score (nSPS) is 12.6. The molecule has 0 spiro atoms. The van der Waals surface area contributed by atoms with Crippen molar-refractivity contribution in [2.45, 2.75) is 26.3 Å². The molecule has 2 nitrogen and oxygen atoms in total. The largest absolute Gasteiger partial charge is 0.309 e. The van der Waals surface area contributed by atoms with E-state index in [0.29, 0.717) is 6.04 Å². The molecule has 1 N–H and O–H groups in total. The number of hydrogen-bond acceptors (Lipinski definition) is 3. The Balaban J connectivity index is 2.11. The Hall–Kier alpha value is -1.19. The number of nitrogens with zero attached hydrogens (tertiary/aromatic N) is 1. The van der Waals surface area contributed by atoms with Crippen LogP contribution in [0.25, 0.3) is 10.6 Å². The van der Waals surface area contributed by atoms with Gasteiger partial charge < -0.3 is 5.32 Å². The molecule has 0 saturated carbocycles. The average Bonchev–Trinajstić information content (AvgIpc) is 2.86. The summed E-state index contributed by atoms with van der Waals surface area (Å²) >= 11 is 1.77. The molecule has 0 aliphatic rings. The van der Waals surface area contributed by atoms with Crippen LogP contribution in [-0.2, 0) is 0 Å². The molecule has 1 atom stereocenters. The Bertz CT molecular complexity index is 450. The molecule has 1 unspecified atom stereocenters. The Morgan fingerprint density at radius 3 is 2.76 bits per heavy atom. The first-order valence-electron chi connectivity index (χ1n) is 6.05. The summed E-state index contributed by atoms with van der Waals surface area (Å²) in [5.74, 6) is 0. The Kier molecular flexibility index (Phi) is 4.29. The van der Waals surface area contributed by atoms with Crippen molar-refractivity contribution in [1.82, 2.24) is 10.3 Å². The number of rotatable bonds is 5. The van der Waals surface area contributed by atoms with Gasteiger partial charge in [-0.05, 0) is 19.9 Å². The van der Waals surface area contributed by atoms with Crippen LogP contribution in [0.2, 0.25) is 0 Å². The van der Waals surface area contributed by atoms with Crippen LogP contribution < -0.4 is 5.32 Å². The summed E-state index contributed by atoms with van der Waals surface area (Å²) in [4.78, 5) is 5.80. The van der Waals surface area contributed by atoms with E-state index in [1.165, 1.54) is 10.4 Å². The Morgan fingerprint density at radius 1 is 1.29 bits per heavy atom. The lowest BCUT2D eigenvalue weighted by Crippen LogP contribution is -2.18. The SMILES string of the molecule is CCCNC(C)c1cnc(-c2ccccc2)s1. The lowest BCUT2D eigenvalue weighted by atomic mass is 10.2. The van der Waals surface area contributed by atoms with Crippen LogP contribution in [-0.4, -0.2) is 11.5 Å². The zero-order valence-electron chi connectivity index (χ0n) is 10.3. The van der Waals surface area contributed by atoms with E-state index in [1.54, 1.807) is 11.3 Å². The molecule has 1 heterocycles. The quantitative estimate of drug-likeness (QED) is 0.866. The third-order valence-corrected chi connectivity index (χ3v) is 3.90. The lowest BCUT2D eigenvalue weighted by Gasteiger charge is -2.09. The molecule has 90 valence electrons. The van der Waals surface area contributed by atoms with Crippen molar-refractivity contribution in [3.63, 3.8) is 0 Å². The van der Waals surface area contributed by atoms with Crippen molar-refractivity contribution in [1.29, 1.82) is 0 Å². The van der Waals surface area contributed by atoms with Gasteiger partial charge in [0.1, 0.15) is 5.01 Å². The second-order valence-electron chi connectivity index (χ2n) is 4.11. The van der Waals surface area contributed by atoms with Gasteiger partial charge in [0.25, 0.3) is 0 Å². The highest BCUT2D eigenvalue weighted by atomic mass is 32.1. The van der Waals surface area contributed by atoms with Gasteiger partial charge in [0.2, 0.25) is 0 Å². The molecule has 0 aliphatic carbocycles. The minimum Gasteiger partial charge on any atom is -0.309 e. The summed E-state index contributed by atoms with van der Waals surface area (Å²) in [5, 5.41) is 4.59. The van der Waals surface area contributed by atoms with E-state index in [-0.39, 0.29) is 0 Å².